The molecule has 0 radical (unpaired) electrons. The van der Waals surface area contributed by atoms with Gasteiger partial charge in [0.15, 0.2) is 11.5 Å². The molecule has 0 saturated heterocycles. The molecule has 1 aromatic rings. The van der Waals surface area contributed by atoms with Crippen LogP contribution in [0.15, 0.2) is 12.1 Å². The SMILES string of the molecule is CNCc1cc2c(cc1OCC1CCCC1)OCO2. The van der Waals surface area contributed by atoms with Crippen LogP contribution in [0.1, 0.15) is 31.2 Å². The Kier molecular flexibility index (Phi) is 3.78. The number of ether oxygens (including phenoxy) is 3. The van der Waals surface area contributed by atoms with Crippen molar-refractivity contribution in [3.63, 3.8) is 0 Å². The minimum Gasteiger partial charge on any atom is -0.493 e. The van der Waals surface area contributed by atoms with Crippen LogP contribution in [-0.2, 0) is 6.54 Å². The third-order valence-electron chi connectivity index (χ3n) is 3.87. The molecule has 1 aliphatic heterocycles. The van der Waals surface area contributed by atoms with E-state index in [1.54, 1.807) is 0 Å². The first-order valence-electron chi connectivity index (χ1n) is 7.06. The molecule has 1 saturated carbocycles. The van der Waals surface area contributed by atoms with Crippen molar-refractivity contribution in [3.05, 3.63) is 17.7 Å². The predicted molar refractivity (Wildman–Crippen MR) is 72.8 cm³/mol. The van der Waals surface area contributed by atoms with Gasteiger partial charge in [-0.2, -0.15) is 0 Å². The lowest BCUT2D eigenvalue weighted by molar-refractivity contribution is 0.173. The van der Waals surface area contributed by atoms with Crippen molar-refractivity contribution >= 4 is 0 Å². The summed E-state index contributed by atoms with van der Waals surface area (Å²) in [4.78, 5) is 0. The van der Waals surface area contributed by atoms with E-state index in [1.807, 2.05) is 19.2 Å². The van der Waals surface area contributed by atoms with Gasteiger partial charge in [-0.15, -0.1) is 0 Å². The number of hydrogen-bond donors (Lipinski definition) is 1. The summed E-state index contributed by atoms with van der Waals surface area (Å²) in [6.45, 7) is 1.90. The number of rotatable bonds is 5. The molecule has 4 heteroatoms. The van der Waals surface area contributed by atoms with Crippen molar-refractivity contribution in [2.24, 2.45) is 5.92 Å². The normalized spacial score (nSPS) is 17.9. The van der Waals surface area contributed by atoms with Gasteiger partial charge in [0.2, 0.25) is 6.79 Å². The fourth-order valence-electron chi connectivity index (χ4n) is 2.81. The van der Waals surface area contributed by atoms with Crippen molar-refractivity contribution in [2.75, 3.05) is 20.4 Å². The van der Waals surface area contributed by atoms with E-state index in [1.165, 1.54) is 25.7 Å². The van der Waals surface area contributed by atoms with Gasteiger partial charge >= 0.3 is 0 Å². The fourth-order valence-corrected chi connectivity index (χ4v) is 2.81. The lowest BCUT2D eigenvalue weighted by atomic mass is 10.1. The zero-order chi connectivity index (χ0) is 13.1. The monoisotopic (exact) mass is 263 g/mol. The van der Waals surface area contributed by atoms with Crippen molar-refractivity contribution in [1.82, 2.24) is 5.32 Å². The molecule has 0 spiro atoms. The van der Waals surface area contributed by atoms with Crippen LogP contribution in [-0.4, -0.2) is 20.4 Å². The molecule has 4 nitrogen and oxygen atoms in total. The zero-order valence-electron chi connectivity index (χ0n) is 11.4. The summed E-state index contributed by atoms with van der Waals surface area (Å²) in [5.74, 6) is 3.25. The van der Waals surface area contributed by atoms with Crippen LogP contribution in [0.3, 0.4) is 0 Å². The summed E-state index contributed by atoms with van der Waals surface area (Å²) in [6, 6.07) is 3.98. The van der Waals surface area contributed by atoms with Gasteiger partial charge in [0.25, 0.3) is 0 Å². The van der Waals surface area contributed by atoms with Crippen molar-refractivity contribution < 1.29 is 14.2 Å². The summed E-state index contributed by atoms with van der Waals surface area (Å²) in [6.07, 6.45) is 5.29. The Hall–Kier alpha value is -1.42. The van der Waals surface area contributed by atoms with Crippen molar-refractivity contribution in [1.29, 1.82) is 0 Å². The van der Waals surface area contributed by atoms with Crippen LogP contribution in [0.4, 0.5) is 0 Å². The van der Waals surface area contributed by atoms with Gasteiger partial charge in [0.05, 0.1) is 6.61 Å². The van der Waals surface area contributed by atoms with E-state index in [0.29, 0.717) is 12.7 Å². The summed E-state index contributed by atoms with van der Waals surface area (Å²) >= 11 is 0. The molecule has 0 aromatic heterocycles. The van der Waals surface area contributed by atoms with Gasteiger partial charge in [-0.1, -0.05) is 12.8 Å². The van der Waals surface area contributed by atoms with Gasteiger partial charge in [-0.3, -0.25) is 0 Å². The maximum absolute atomic E-state index is 6.02. The highest BCUT2D eigenvalue weighted by molar-refractivity contribution is 5.51. The van der Waals surface area contributed by atoms with E-state index in [9.17, 15) is 0 Å². The summed E-state index contributed by atoms with van der Waals surface area (Å²) < 4.78 is 16.9. The Morgan fingerprint density at radius 1 is 1.21 bits per heavy atom. The van der Waals surface area contributed by atoms with Crippen LogP contribution in [0.2, 0.25) is 0 Å². The maximum atomic E-state index is 6.02. The highest BCUT2D eigenvalue weighted by atomic mass is 16.7. The first kappa shape index (κ1) is 12.6. The molecule has 0 unspecified atom stereocenters. The Morgan fingerprint density at radius 2 is 1.95 bits per heavy atom. The number of benzene rings is 1. The molecule has 0 amide bonds. The molecule has 0 bridgehead atoms. The standard InChI is InChI=1S/C15H21NO3/c1-16-8-12-6-14-15(19-10-18-14)7-13(12)17-9-11-4-2-3-5-11/h6-7,11,16H,2-5,8-10H2,1H3. The van der Waals surface area contributed by atoms with E-state index >= 15 is 0 Å². The second kappa shape index (κ2) is 5.70. The molecule has 1 N–H and O–H groups in total. The van der Waals surface area contributed by atoms with Crippen molar-refractivity contribution in [3.8, 4) is 17.2 Å². The van der Waals surface area contributed by atoms with Gasteiger partial charge in [0.1, 0.15) is 5.75 Å². The summed E-state index contributed by atoms with van der Waals surface area (Å²) in [5.41, 5.74) is 1.13. The number of hydrogen-bond acceptors (Lipinski definition) is 4. The van der Waals surface area contributed by atoms with E-state index < -0.39 is 0 Å². The minimum atomic E-state index is 0.306. The fraction of sp³-hybridized carbons (Fsp3) is 0.600. The smallest absolute Gasteiger partial charge is 0.231 e. The molecule has 1 heterocycles. The molecule has 1 aromatic carbocycles. The first-order chi connectivity index (χ1) is 9.36. The van der Waals surface area contributed by atoms with Gasteiger partial charge in [0, 0.05) is 18.2 Å². The molecule has 0 atom stereocenters. The molecular weight excluding hydrogens is 242 g/mol. The zero-order valence-corrected chi connectivity index (χ0v) is 11.4. The van der Waals surface area contributed by atoms with Crippen molar-refractivity contribution in [2.45, 2.75) is 32.2 Å². The Balaban J connectivity index is 1.73. The van der Waals surface area contributed by atoms with E-state index in [2.05, 4.69) is 5.32 Å². The van der Waals surface area contributed by atoms with E-state index in [0.717, 1.165) is 36.0 Å². The van der Waals surface area contributed by atoms with E-state index in [4.69, 9.17) is 14.2 Å². The molecule has 3 rings (SSSR count). The van der Waals surface area contributed by atoms with Crippen LogP contribution < -0.4 is 19.5 Å². The predicted octanol–water partition coefficient (Wildman–Crippen LogP) is 2.70. The lowest BCUT2D eigenvalue weighted by Gasteiger charge is -2.15. The first-order valence-corrected chi connectivity index (χ1v) is 7.06. The number of fused-ring (bicyclic) bond motifs is 1. The Bertz CT molecular complexity index is 441. The molecule has 1 aliphatic carbocycles. The third kappa shape index (κ3) is 2.78. The van der Waals surface area contributed by atoms with Crippen LogP contribution in [0.25, 0.3) is 0 Å². The second-order valence-corrected chi connectivity index (χ2v) is 5.31. The third-order valence-corrected chi connectivity index (χ3v) is 3.87. The molecule has 2 aliphatic rings. The largest absolute Gasteiger partial charge is 0.493 e. The highest BCUT2D eigenvalue weighted by Crippen LogP contribution is 2.38. The molecule has 104 valence electrons. The summed E-state index contributed by atoms with van der Waals surface area (Å²) in [5, 5.41) is 3.17. The van der Waals surface area contributed by atoms with Gasteiger partial charge < -0.3 is 19.5 Å². The van der Waals surface area contributed by atoms with Crippen LogP contribution in [0.5, 0.6) is 17.2 Å². The minimum absolute atomic E-state index is 0.306. The average Bonchev–Trinajstić information content (AvgIpc) is 3.07. The Morgan fingerprint density at radius 3 is 2.68 bits per heavy atom. The highest BCUT2D eigenvalue weighted by Gasteiger charge is 2.20. The molecule has 19 heavy (non-hydrogen) atoms. The molecule has 1 fully saturated rings. The summed E-state index contributed by atoms with van der Waals surface area (Å²) in [7, 11) is 1.94. The topological polar surface area (TPSA) is 39.7 Å². The van der Waals surface area contributed by atoms with Crippen LogP contribution >= 0.6 is 0 Å². The molecular formula is C15H21NO3. The van der Waals surface area contributed by atoms with Gasteiger partial charge in [-0.05, 0) is 31.9 Å². The number of nitrogens with one attached hydrogen (secondary N) is 1. The quantitative estimate of drug-likeness (QED) is 0.886. The average molecular weight is 263 g/mol. The van der Waals surface area contributed by atoms with Gasteiger partial charge in [-0.25, -0.2) is 0 Å². The van der Waals surface area contributed by atoms with E-state index in [-0.39, 0.29) is 0 Å². The Labute approximate surface area is 114 Å². The second-order valence-electron chi connectivity index (χ2n) is 5.31. The maximum Gasteiger partial charge on any atom is 0.231 e. The lowest BCUT2D eigenvalue weighted by Crippen LogP contribution is -2.12. The van der Waals surface area contributed by atoms with Crippen LogP contribution in [0, 0.1) is 5.92 Å².